The first-order valence-corrected chi connectivity index (χ1v) is 12.7. The standard InChI is InChI=1S/C31H28N4O5/c1-19-28(30(37)35(34(19)3)22-10-6-5-7-11-22)33-29(36)20(2)40-31(38)25-18-27(21-14-16-23(39-4)17-15-21)32-26-13-9-8-12-24(25)26/h5-18,20H,1-4H3,(H,33,36)/t20-/m0/s1. The molecule has 0 fully saturated rings. The molecular formula is C31H28N4O5. The summed E-state index contributed by atoms with van der Waals surface area (Å²) in [6.45, 7) is 3.20. The van der Waals surface area contributed by atoms with Crippen LogP contribution in [0, 0.1) is 6.92 Å². The van der Waals surface area contributed by atoms with Crippen molar-refractivity contribution in [1.82, 2.24) is 14.3 Å². The molecule has 2 heterocycles. The number of ether oxygens (including phenoxy) is 2. The average Bonchev–Trinajstić information content (AvgIpc) is 3.19. The molecule has 0 spiro atoms. The van der Waals surface area contributed by atoms with Gasteiger partial charge in [-0.15, -0.1) is 0 Å². The number of hydrogen-bond donors (Lipinski definition) is 1. The third kappa shape index (κ3) is 4.96. The third-order valence-electron chi connectivity index (χ3n) is 6.78. The van der Waals surface area contributed by atoms with Gasteiger partial charge < -0.3 is 14.8 Å². The Balaban J connectivity index is 1.40. The number of carbonyl (C=O) groups is 2. The summed E-state index contributed by atoms with van der Waals surface area (Å²) in [5.41, 5.74) is 3.21. The highest BCUT2D eigenvalue weighted by Gasteiger charge is 2.25. The van der Waals surface area contributed by atoms with Gasteiger partial charge in [-0.05, 0) is 62.4 Å². The maximum Gasteiger partial charge on any atom is 0.339 e. The molecule has 0 radical (unpaired) electrons. The lowest BCUT2D eigenvalue weighted by molar-refractivity contribution is -0.123. The Bertz CT molecular complexity index is 1770. The lowest BCUT2D eigenvalue weighted by atomic mass is 10.0. The quantitative estimate of drug-likeness (QED) is 0.297. The number of pyridine rings is 1. The summed E-state index contributed by atoms with van der Waals surface area (Å²) in [5.74, 6) is -0.594. The summed E-state index contributed by atoms with van der Waals surface area (Å²) in [4.78, 5) is 44.3. The van der Waals surface area contributed by atoms with Gasteiger partial charge >= 0.3 is 5.97 Å². The lowest BCUT2D eigenvalue weighted by Gasteiger charge is -2.15. The van der Waals surface area contributed by atoms with E-state index in [0.717, 1.165) is 5.56 Å². The van der Waals surface area contributed by atoms with E-state index in [1.54, 1.807) is 56.1 Å². The van der Waals surface area contributed by atoms with Gasteiger partial charge in [-0.25, -0.2) is 14.5 Å². The molecular weight excluding hydrogens is 508 g/mol. The first kappa shape index (κ1) is 26.4. The first-order chi connectivity index (χ1) is 19.3. The third-order valence-corrected chi connectivity index (χ3v) is 6.78. The number of rotatable bonds is 7. The van der Waals surface area contributed by atoms with Crippen LogP contribution in [0.4, 0.5) is 5.69 Å². The molecule has 1 N–H and O–H groups in total. The second-order valence-corrected chi connectivity index (χ2v) is 9.27. The fourth-order valence-electron chi connectivity index (χ4n) is 4.47. The Kier molecular flexibility index (Phi) is 7.20. The number of nitrogens with zero attached hydrogens (tertiary/aromatic N) is 3. The van der Waals surface area contributed by atoms with E-state index in [-0.39, 0.29) is 16.8 Å². The summed E-state index contributed by atoms with van der Waals surface area (Å²) < 4.78 is 14.0. The largest absolute Gasteiger partial charge is 0.497 e. The van der Waals surface area contributed by atoms with Gasteiger partial charge in [-0.1, -0.05) is 36.4 Å². The van der Waals surface area contributed by atoms with Crippen LogP contribution in [0.3, 0.4) is 0 Å². The summed E-state index contributed by atoms with van der Waals surface area (Å²) in [7, 11) is 3.32. The summed E-state index contributed by atoms with van der Waals surface area (Å²) in [6.07, 6.45) is -1.17. The Labute approximate surface area is 230 Å². The van der Waals surface area contributed by atoms with Crippen LogP contribution in [0.5, 0.6) is 5.75 Å². The Morgan fingerprint density at radius 1 is 0.950 bits per heavy atom. The number of benzene rings is 3. The fourth-order valence-corrected chi connectivity index (χ4v) is 4.47. The van der Waals surface area contributed by atoms with Crippen LogP contribution >= 0.6 is 0 Å². The van der Waals surface area contributed by atoms with Gasteiger partial charge in [-0.3, -0.25) is 14.3 Å². The molecule has 1 amide bonds. The van der Waals surface area contributed by atoms with E-state index < -0.39 is 18.0 Å². The number of anilines is 1. The van der Waals surface area contributed by atoms with Crippen LogP contribution in [0.1, 0.15) is 23.0 Å². The van der Waals surface area contributed by atoms with Gasteiger partial charge in [0, 0.05) is 18.0 Å². The SMILES string of the molecule is COc1ccc(-c2cc(C(=O)O[C@@H](C)C(=O)Nc3c(C)n(C)n(-c4ccccc4)c3=O)c3ccccc3n2)cc1. The van der Waals surface area contributed by atoms with Crippen molar-refractivity contribution >= 4 is 28.5 Å². The van der Waals surface area contributed by atoms with Crippen LogP contribution in [-0.2, 0) is 16.6 Å². The second kappa shape index (κ2) is 10.9. The van der Waals surface area contributed by atoms with E-state index in [4.69, 9.17) is 14.5 Å². The van der Waals surface area contributed by atoms with Crippen LogP contribution < -0.4 is 15.6 Å². The number of esters is 1. The van der Waals surface area contributed by atoms with Crippen molar-refractivity contribution in [3.63, 3.8) is 0 Å². The summed E-state index contributed by atoms with van der Waals surface area (Å²) in [6, 6.07) is 25.3. The minimum absolute atomic E-state index is 0.121. The van der Waals surface area contributed by atoms with Crippen molar-refractivity contribution in [3.8, 4) is 22.7 Å². The molecule has 40 heavy (non-hydrogen) atoms. The molecule has 1 atom stereocenters. The van der Waals surface area contributed by atoms with Gasteiger partial charge in [0.25, 0.3) is 11.5 Å². The minimum Gasteiger partial charge on any atom is -0.497 e. The molecule has 0 unspecified atom stereocenters. The molecule has 0 aliphatic carbocycles. The van der Waals surface area contributed by atoms with Crippen molar-refractivity contribution in [2.45, 2.75) is 20.0 Å². The second-order valence-electron chi connectivity index (χ2n) is 9.27. The van der Waals surface area contributed by atoms with Gasteiger partial charge in [0.1, 0.15) is 11.4 Å². The van der Waals surface area contributed by atoms with Gasteiger partial charge in [0.2, 0.25) is 0 Å². The predicted octanol–water partition coefficient (Wildman–Crippen LogP) is 4.89. The highest BCUT2D eigenvalue weighted by Crippen LogP contribution is 2.27. The maximum absolute atomic E-state index is 13.4. The lowest BCUT2D eigenvalue weighted by Crippen LogP contribution is -2.32. The van der Waals surface area contributed by atoms with Crippen molar-refractivity contribution in [3.05, 3.63) is 107 Å². The Morgan fingerprint density at radius 2 is 1.62 bits per heavy atom. The molecule has 5 aromatic rings. The van der Waals surface area contributed by atoms with Crippen LogP contribution in [0.2, 0.25) is 0 Å². The molecule has 0 bridgehead atoms. The van der Waals surface area contributed by atoms with Crippen molar-refractivity contribution in [2.75, 3.05) is 12.4 Å². The van der Waals surface area contributed by atoms with Crippen molar-refractivity contribution in [2.24, 2.45) is 7.05 Å². The highest BCUT2D eigenvalue weighted by atomic mass is 16.5. The van der Waals surface area contributed by atoms with E-state index in [1.807, 2.05) is 54.6 Å². The van der Waals surface area contributed by atoms with E-state index in [0.29, 0.717) is 33.7 Å². The Morgan fingerprint density at radius 3 is 2.33 bits per heavy atom. The summed E-state index contributed by atoms with van der Waals surface area (Å²) >= 11 is 0. The molecule has 202 valence electrons. The van der Waals surface area contributed by atoms with E-state index >= 15 is 0 Å². The number of para-hydroxylation sites is 2. The molecule has 0 saturated heterocycles. The number of methoxy groups -OCH3 is 1. The van der Waals surface area contributed by atoms with E-state index in [2.05, 4.69) is 5.32 Å². The molecule has 0 aliphatic heterocycles. The van der Waals surface area contributed by atoms with Gasteiger partial charge in [0.15, 0.2) is 6.10 Å². The fraction of sp³-hybridized carbons (Fsp3) is 0.161. The van der Waals surface area contributed by atoms with Crippen LogP contribution in [-0.4, -0.2) is 39.4 Å². The number of hydrogen-bond acceptors (Lipinski definition) is 6. The molecule has 3 aromatic carbocycles. The van der Waals surface area contributed by atoms with E-state index in [1.165, 1.54) is 11.6 Å². The molecule has 2 aromatic heterocycles. The minimum atomic E-state index is -1.17. The number of carbonyl (C=O) groups excluding carboxylic acids is 2. The van der Waals surface area contributed by atoms with Gasteiger partial charge in [-0.2, -0.15) is 0 Å². The van der Waals surface area contributed by atoms with Crippen LogP contribution in [0.15, 0.2) is 89.7 Å². The first-order valence-electron chi connectivity index (χ1n) is 12.7. The molecule has 5 rings (SSSR count). The summed E-state index contributed by atoms with van der Waals surface area (Å²) in [5, 5.41) is 3.26. The highest BCUT2D eigenvalue weighted by molar-refractivity contribution is 6.06. The van der Waals surface area contributed by atoms with Gasteiger partial charge in [0.05, 0.1) is 35.3 Å². The normalized spacial score (nSPS) is 11.7. The Hall–Kier alpha value is -5.18. The number of amides is 1. The number of fused-ring (bicyclic) bond motifs is 1. The number of aromatic nitrogens is 3. The van der Waals surface area contributed by atoms with Crippen molar-refractivity contribution < 1.29 is 19.1 Å². The molecule has 9 nitrogen and oxygen atoms in total. The maximum atomic E-state index is 13.4. The van der Waals surface area contributed by atoms with Crippen LogP contribution in [0.25, 0.3) is 27.8 Å². The smallest absolute Gasteiger partial charge is 0.339 e. The molecule has 9 heteroatoms. The average molecular weight is 537 g/mol. The monoisotopic (exact) mass is 536 g/mol. The van der Waals surface area contributed by atoms with Crippen molar-refractivity contribution in [1.29, 1.82) is 0 Å². The zero-order valence-electron chi connectivity index (χ0n) is 22.5. The predicted molar refractivity (Wildman–Crippen MR) is 153 cm³/mol. The van der Waals surface area contributed by atoms with E-state index in [9.17, 15) is 14.4 Å². The zero-order chi connectivity index (χ0) is 28.4. The topological polar surface area (TPSA) is 104 Å². The molecule has 0 saturated carbocycles. The zero-order valence-corrected chi connectivity index (χ0v) is 22.5. The molecule has 0 aliphatic rings. The number of nitrogens with one attached hydrogen (secondary N) is 1.